The standard InChI is InChI=1S/C32H44N4O10/c1-2-25(33)22-36(34)10-12-42-14-16-44-18-20-45-19-17-43-15-13-41-11-9-35-32(40)24-5-3-23(4-6-24)29-21-28(38)26-7-8-27(37)30(39)31(26)46-29/h3-8,21-22,37,39H,2,9-20,33-34H2,1H3,(H,35,40)/b25-22-. The van der Waals surface area contributed by atoms with E-state index in [0.29, 0.717) is 90.3 Å². The molecule has 0 spiro atoms. The van der Waals surface area contributed by atoms with Crippen molar-refractivity contribution < 1.29 is 43.1 Å². The number of nitrogens with two attached hydrogens (primary N) is 2. The molecule has 1 heterocycles. The lowest BCUT2D eigenvalue weighted by atomic mass is 10.1. The van der Waals surface area contributed by atoms with Crippen LogP contribution in [-0.2, 0) is 23.7 Å². The molecule has 14 heteroatoms. The Morgan fingerprint density at radius 1 is 0.870 bits per heavy atom. The predicted octanol–water partition coefficient (Wildman–Crippen LogP) is 2.07. The van der Waals surface area contributed by atoms with Crippen LogP contribution < -0.4 is 22.3 Å². The molecule has 0 saturated carbocycles. The number of phenols is 2. The van der Waals surface area contributed by atoms with Crippen LogP contribution in [-0.4, -0.2) is 100 Å². The fourth-order valence-corrected chi connectivity index (χ4v) is 3.98. The number of benzene rings is 2. The van der Waals surface area contributed by atoms with Gasteiger partial charge in [-0.2, -0.15) is 0 Å². The van der Waals surface area contributed by atoms with Gasteiger partial charge in [-0.15, -0.1) is 0 Å². The minimum Gasteiger partial charge on any atom is -0.504 e. The molecule has 46 heavy (non-hydrogen) atoms. The number of aromatic hydroxyl groups is 2. The molecule has 0 fully saturated rings. The van der Waals surface area contributed by atoms with E-state index in [2.05, 4.69) is 5.32 Å². The highest BCUT2D eigenvalue weighted by Crippen LogP contribution is 2.34. The molecule has 0 bridgehead atoms. The highest BCUT2D eigenvalue weighted by molar-refractivity contribution is 5.94. The maximum atomic E-state index is 12.5. The molecule has 0 saturated heterocycles. The number of hydrogen-bond donors (Lipinski definition) is 5. The van der Waals surface area contributed by atoms with E-state index in [1.807, 2.05) is 6.92 Å². The van der Waals surface area contributed by atoms with Gasteiger partial charge in [0.05, 0.1) is 78.0 Å². The number of phenolic OH excluding ortho intramolecular Hbond substituents is 2. The van der Waals surface area contributed by atoms with Gasteiger partial charge in [0.15, 0.2) is 16.8 Å². The average molecular weight is 645 g/mol. The Labute approximate surface area is 267 Å². The average Bonchev–Trinajstić information content (AvgIpc) is 3.05. The number of carbonyl (C=O) groups excluding carboxylic acids is 1. The van der Waals surface area contributed by atoms with Gasteiger partial charge >= 0.3 is 0 Å². The highest BCUT2D eigenvalue weighted by Gasteiger charge is 2.14. The van der Waals surface area contributed by atoms with E-state index >= 15 is 0 Å². The van der Waals surface area contributed by atoms with Crippen molar-refractivity contribution in [3.63, 3.8) is 0 Å². The van der Waals surface area contributed by atoms with Crippen molar-refractivity contribution >= 4 is 16.9 Å². The minimum atomic E-state index is -0.509. The van der Waals surface area contributed by atoms with Crippen molar-refractivity contribution in [1.82, 2.24) is 10.3 Å². The lowest BCUT2D eigenvalue weighted by Gasteiger charge is -2.14. The van der Waals surface area contributed by atoms with E-state index in [-0.39, 0.29) is 28.1 Å². The van der Waals surface area contributed by atoms with Crippen LogP contribution >= 0.6 is 0 Å². The summed E-state index contributed by atoms with van der Waals surface area (Å²) < 4.78 is 33.0. The van der Waals surface area contributed by atoms with Crippen molar-refractivity contribution in [2.75, 3.05) is 79.2 Å². The number of nitrogens with zero attached hydrogens (tertiary/aromatic N) is 1. The van der Waals surface area contributed by atoms with Crippen LogP contribution in [0.5, 0.6) is 11.5 Å². The fourth-order valence-electron chi connectivity index (χ4n) is 3.98. The molecule has 0 radical (unpaired) electrons. The number of hydrogen-bond acceptors (Lipinski definition) is 13. The van der Waals surface area contributed by atoms with Gasteiger partial charge in [0.25, 0.3) is 5.91 Å². The number of fused-ring (bicyclic) bond motifs is 1. The SMILES string of the molecule is CC/C(N)=C/N(N)CCOCCOCCOCCOCCOCCNC(=O)c1ccc(-c2cc(=O)c3ccc(O)c(O)c3o2)cc1. The van der Waals surface area contributed by atoms with Crippen LogP contribution in [0.1, 0.15) is 23.7 Å². The van der Waals surface area contributed by atoms with Crippen molar-refractivity contribution in [2.24, 2.45) is 11.6 Å². The van der Waals surface area contributed by atoms with Crippen LogP contribution in [0.2, 0.25) is 0 Å². The second-order valence-electron chi connectivity index (χ2n) is 9.98. The molecule has 3 aromatic rings. The summed E-state index contributed by atoms with van der Waals surface area (Å²) in [4.78, 5) is 24.9. The summed E-state index contributed by atoms with van der Waals surface area (Å²) in [5.41, 5.74) is 6.90. The Morgan fingerprint density at radius 3 is 2.02 bits per heavy atom. The quantitative estimate of drug-likeness (QED) is 0.0461. The maximum Gasteiger partial charge on any atom is 0.251 e. The largest absolute Gasteiger partial charge is 0.504 e. The number of allylic oxidation sites excluding steroid dienone is 1. The summed E-state index contributed by atoms with van der Waals surface area (Å²) in [6, 6.07) is 10.3. The number of rotatable bonds is 22. The Hall–Kier alpha value is -4.18. The minimum absolute atomic E-state index is 0.110. The monoisotopic (exact) mass is 644 g/mol. The summed E-state index contributed by atoms with van der Waals surface area (Å²) >= 11 is 0. The molecule has 0 aliphatic carbocycles. The molecule has 1 aromatic heterocycles. The van der Waals surface area contributed by atoms with Gasteiger partial charge in [0, 0.05) is 35.6 Å². The van der Waals surface area contributed by atoms with Crippen LogP contribution in [0.15, 0.2) is 63.6 Å². The van der Waals surface area contributed by atoms with Crippen LogP contribution in [0, 0.1) is 0 Å². The summed E-state index contributed by atoms with van der Waals surface area (Å²) in [5, 5.41) is 24.2. The normalized spacial score (nSPS) is 11.7. The van der Waals surface area contributed by atoms with Gasteiger partial charge in [0.2, 0.25) is 5.75 Å². The first-order valence-electron chi connectivity index (χ1n) is 15.0. The zero-order valence-corrected chi connectivity index (χ0v) is 26.1. The number of ether oxygens (including phenoxy) is 5. The van der Waals surface area contributed by atoms with E-state index in [9.17, 15) is 19.8 Å². The zero-order valence-electron chi connectivity index (χ0n) is 26.1. The van der Waals surface area contributed by atoms with Crippen molar-refractivity contribution in [3.05, 3.63) is 70.1 Å². The van der Waals surface area contributed by atoms with Gasteiger partial charge < -0.3 is 54.4 Å². The molecule has 0 atom stereocenters. The topological polar surface area (TPSA) is 201 Å². The molecule has 3 rings (SSSR count). The van der Waals surface area contributed by atoms with Gasteiger partial charge in [-0.1, -0.05) is 19.1 Å². The van der Waals surface area contributed by atoms with Crippen LogP contribution in [0.3, 0.4) is 0 Å². The molecule has 252 valence electrons. The summed E-state index contributed by atoms with van der Waals surface area (Å²) in [6.07, 6.45) is 2.45. The number of carbonyl (C=O) groups is 1. The van der Waals surface area contributed by atoms with E-state index in [1.54, 1.807) is 30.5 Å². The molecule has 7 N–H and O–H groups in total. The van der Waals surface area contributed by atoms with Crippen molar-refractivity contribution in [2.45, 2.75) is 13.3 Å². The summed E-state index contributed by atoms with van der Waals surface area (Å²) in [5.74, 6) is 4.79. The molecule has 0 aliphatic heterocycles. The first-order chi connectivity index (χ1) is 22.3. The summed E-state index contributed by atoms with van der Waals surface area (Å²) in [7, 11) is 0. The molecule has 0 aliphatic rings. The number of nitrogens with one attached hydrogen (secondary N) is 1. The van der Waals surface area contributed by atoms with E-state index in [4.69, 9.17) is 39.7 Å². The van der Waals surface area contributed by atoms with E-state index in [0.717, 1.165) is 12.1 Å². The Balaban J connectivity index is 1.17. The van der Waals surface area contributed by atoms with Gasteiger partial charge in [0.1, 0.15) is 5.76 Å². The van der Waals surface area contributed by atoms with E-state index < -0.39 is 11.5 Å². The first-order valence-corrected chi connectivity index (χ1v) is 15.0. The second-order valence-corrected chi connectivity index (χ2v) is 9.98. The molecular weight excluding hydrogens is 600 g/mol. The first kappa shape index (κ1) is 36.3. The van der Waals surface area contributed by atoms with Crippen LogP contribution in [0.4, 0.5) is 0 Å². The fraction of sp³-hybridized carbons (Fsp3) is 0.438. The van der Waals surface area contributed by atoms with Gasteiger partial charge in [-0.25, -0.2) is 5.84 Å². The highest BCUT2D eigenvalue weighted by atomic mass is 16.6. The smallest absolute Gasteiger partial charge is 0.251 e. The Kier molecular flexibility index (Phi) is 15.8. The summed E-state index contributed by atoms with van der Waals surface area (Å²) in [6.45, 7) is 7.11. The number of amides is 1. The Morgan fingerprint density at radius 2 is 1.43 bits per heavy atom. The lowest BCUT2D eigenvalue weighted by molar-refractivity contribution is -0.0114. The molecule has 1 amide bonds. The van der Waals surface area contributed by atoms with E-state index in [1.165, 1.54) is 23.2 Å². The zero-order chi connectivity index (χ0) is 33.1. The third-order valence-corrected chi connectivity index (χ3v) is 6.54. The third kappa shape index (κ3) is 12.3. The lowest BCUT2D eigenvalue weighted by Crippen LogP contribution is -2.30. The van der Waals surface area contributed by atoms with Gasteiger partial charge in [-0.05, 0) is 30.7 Å². The van der Waals surface area contributed by atoms with Crippen molar-refractivity contribution in [3.8, 4) is 22.8 Å². The van der Waals surface area contributed by atoms with Gasteiger partial charge in [-0.3, -0.25) is 9.59 Å². The third-order valence-electron chi connectivity index (χ3n) is 6.54. The predicted molar refractivity (Wildman–Crippen MR) is 171 cm³/mol. The Bertz CT molecular complexity index is 1450. The molecule has 14 nitrogen and oxygen atoms in total. The van der Waals surface area contributed by atoms with Crippen molar-refractivity contribution in [1.29, 1.82) is 0 Å². The second kappa shape index (κ2) is 20.0. The maximum absolute atomic E-state index is 12.5. The molecule has 0 unspecified atom stereocenters. The molecular formula is C32H44N4O10. The van der Waals surface area contributed by atoms with Crippen LogP contribution in [0.25, 0.3) is 22.3 Å². The number of hydrazine groups is 1. The molecule has 2 aromatic carbocycles.